The molecule has 2 aromatic rings. The first kappa shape index (κ1) is 22.6. The van der Waals surface area contributed by atoms with Gasteiger partial charge >= 0.3 is 0 Å². The molecule has 0 saturated heterocycles. The number of nitrogens with zero attached hydrogens (tertiary/aromatic N) is 1. The fourth-order valence-corrected chi connectivity index (χ4v) is 3.30. The molecular weight excluding hydrogens is 362 g/mol. The summed E-state index contributed by atoms with van der Waals surface area (Å²) in [6, 6.07) is 15.9. The highest BCUT2D eigenvalue weighted by molar-refractivity contribution is 5.93. The molecule has 0 saturated carbocycles. The van der Waals surface area contributed by atoms with E-state index in [4.69, 9.17) is 0 Å². The average molecular weight is 396 g/mol. The van der Waals surface area contributed by atoms with Crippen molar-refractivity contribution < 1.29 is 9.59 Å². The highest BCUT2D eigenvalue weighted by atomic mass is 16.2. The summed E-state index contributed by atoms with van der Waals surface area (Å²) in [6.45, 7) is 7.38. The van der Waals surface area contributed by atoms with Crippen LogP contribution in [-0.4, -0.2) is 37.4 Å². The van der Waals surface area contributed by atoms with Gasteiger partial charge in [-0.05, 0) is 55.1 Å². The Bertz CT molecular complexity index is 798. The molecule has 0 spiro atoms. The number of likely N-dealkylation sites (N-methyl/N-ethyl adjacent to an activating group) is 1. The second-order valence-electron chi connectivity index (χ2n) is 8.08. The Morgan fingerprint density at radius 1 is 0.931 bits per heavy atom. The van der Waals surface area contributed by atoms with Crippen LogP contribution in [0, 0.1) is 5.92 Å². The van der Waals surface area contributed by atoms with Crippen molar-refractivity contribution in [1.29, 1.82) is 0 Å². The smallest absolute Gasteiger partial charge is 0.251 e. The van der Waals surface area contributed by atoms with Gasteiger partial charge in [0.05, 0.1) is 12.6 Å². The zero-order chi connectivity index (χ0) is 21.4. The largest absolute Gasteiger partial charge is 0.355 e. The molecule has 0 heterocycles. The zero-order valence-electron chi connectivity index (χ0n) is 18.2. The van der Waals surface area contributed by atoms with Crippen molar-refractivity contribution in [3.63, 3.8) is 0 Å². The number of amides is 2. The minimum Gasteiger partial charge on any atom is -0.355 e. The molecule has 2 rings (SSSR count). The van der Waals surface area contributed by atoms with Gasteiger partial charge in [0.25, 0.3) is 5.91 Å². The third-order valence-electron chi connectivity index (χ3n) is 4.81. The van der Waals surface area contributed by atoms with E-state index in [0.717, 1.165) is 17.5 Å². The van der Waals surface area contributed by atoms with Gasteiger partial charge in [-0.3, -0.25) is 14.5 Å². The van der Waals surface area contributed by atoms with Crippen LogP contribution in [0.1, 0.15) is 53.9 Å². The molecule has 0 aliphatic rings. The van der Waals surface area contributed by atoms with E-state index in [2.05, 4.69) is 48.7 Å². The first-order valence-electron chi connectivity index (χ1n) is 10.2. The van der Waals surface area contributed by atoms with E-state index in [0.29, 0.717) is 24.6 Å². The number of hydrogen-bond donors (Lipinski definition) is 2. The molecule has 5 nitrogen and oxygen atoms in total. The normalized spacial score (nSPS) is 12.1. The predicted molar refractivity (Wildman–Crippen MR) is 118 cm³/mol. The first-order chi connectivity index (χ1) is 13.8. The van der Waals surface area contributed by atoms with Crippen molar-refractivity contribution >= 4 is 11.8 Å². The molecular formula is C24H33N3O2. The average Bonchev–Trinajstić information content (AvgIpc) is 2.67. The summed E-state index contributed by atoms with van der Waals surface area (Å²) in [5.74, 6) is 0.525. The summed E-state index contributed by atoms with van der Waals surface area (Å²) in [7, 11) is 3.53. The molecule has 0 bridgehead atoms. The molecule has 29 heavy (non-hydrogen) atoms. The van der Waals surface area contributed by atoms with Crippen LogP contribution in [0.25, 0.3) is 0 Å². The van der Waals surface area contributed by atoms with Crippen molar-refractivity contribution in [1.82, 2.24) is 15.5 Å². The summed E-state index contributed by atoms with van der Waals surface area (Å²) in [5, 5.41) is 5.68. The van der Waals surface area contributed by atoms with Crippen molar-refractivity contribution in [2.75, 3.05) is 20.6 Å². The fraction of sp³-hybridized carbons (Fsp3) is 0.417. The summed E-state index contributed by atoms with van der Waals surface area (Å²) >= 11 is 0. The quantitative estimate of drug-likeness (QED) is 0.683. The molecule has 2 amide bonds. The van der Waals surface area contributed by atoms with E-state index in [9.17, 15) is 9.59 Å². The molecule has 2 N–H and O–H groups in total. The SMILES string of the molecule is CNC(=O)c1ccc(CN(C)CC(=O)N[C@@H](C)c2ccc(CC(C)C)cc2)cc1. The first-order valence-corrected chi connectivity index (χ1v) is 10.2. The van der Waals surface area contributed by atoms with Gasteiger partial charge in [-0.15, -0.1) is 0 Å². The Morgan fingerprint density at radius 3 is 2.07 bits per heavy atom. The zero-order valence-corrected chi connectivity index (χ0v) is 18.2. The predicted octanol–water partition coefficient (Wildman–Crippen LogP) is 3.55. The lowest BCUT2D eigenvalue weighted by molar-refractivity contribution is -0.122. The molecule has 1 atom stereocenters. The Morgan fingerprint density at radius 2 is 1.52 bits per heavy atom. The minimum absolute atomic E-state index is 0.00626. The van der Waals surface area contributed by atoms with E-state index in [1.54, 1.807) is 19.2 Å². The molecule has 0 aliphatic carbocycles. The van der Waals surface area contributed by atoms with Crippen LogP contribution in [0.5, 0.6) is 0 Å². The monoisotopic (exact) mass is 395 g/mol. The van der Waals surface area contributed by atoms with Crippen molar-refractivity contribution in [3.05, 3.63) is 70.8 Å². The molecule has 0 aromatic heterocycles. The van der Waals surface area contributed by atoms with Crippen LogP contribution in [0.4, 0.5) is 0 Å². The standard InChI is InChI=1S/C24H33N3O2/c1-17(2)14-19-6-10-21(11-7-19)18(3)26-23(28)16-27(5)15-20-8-12-22(13-9-20)24(29)25-4/h6-13,17-18H,14-16H2,1-5H3,(H,25,29)(H,26,28)/t18-/m0/s1. The highest BCUT2D eigenvalue weighted by Gasteiger charge is 2.12. The Labute approximate surface area is 174 Å². The Hall–Kier alpha value is -2.66. The van der Waals surface area contributed by atoms with Crippen LogP contribution in [0.2, 0.25) is 0 Å². The van der Waals surface area contributed by atoms with E-state index in [1.807, 2.05) is 31.0 Å². The van der Waals surface area contributed by atoms with Gasteiger partial charge < -0.3 is 10.6 Å². The van der Waals surface area contributed by atoms with Crippen LogP contribution in [0.15, 0.2) is 48.5 Å². The highest BCUT2D eigenvalue weighted by Crippen LogP contribution is 2.15. The summed E-state index contributed by atoms with van der Waals surface area (Å²) in [5.41, 5.74) is 4.12. The third kappa shape index (κ3) is 7.35. The number of carbonyl (C=O) groups is 2. The van der Waals surface area contributed by atoms with Gasteiger partial charge in [-0.2, -0.15) is 0 Å². The lowest BCUT2D eigenvalue weighted by Crippen LogP contribution is -2.36. The Kier molecular flexibility index (Phi) is 8.40. The van der Waals surface area contributed by atoms with Crippen molar-refractivity contribution in [2.24, 2.45) is 5.92 Å². The van der Waals surface area contributed by atoms with Gasteiger partial charge in [0, 0.05) is 19.2 Å². The topological polar surface area (TPSA) is 61.4 Å². The maximum absolute atomic E-state index is 12.4. The second kappa shape index (κ2) is 10.8. The summed E-state index contributed by atoms with van der Waals surface area (Å²) < 4.78 is 0. The lowest BCUT2D eigenvalue weighted by atomic mass is 10.00. The third-order valence-corrected chi connectivity index (χ3v) is 4.81. The fourth-order valence-electron chi connectivity index (χ4n) is 3.30. The van der Waals surface area contributed by atoms with Gasteiger partial charge in [-0.1, -0.05) is 50.2 Å². The maximum atomic E-state index is 12.4. The minimum atomic E-state index is -0.101. The van der Waals surface area contributed by atoms with E-state index < -0.39 is 0 Å². The number of carbonyl (C=O) groups excluding carboxylic acids is 2. The van der Waals surface area contributed by atoms with Gasteiger partial charge in [0.15, 0.2) is 0 Å². The molecule has 2 aromatic carbocycles. The van der Waals surface area contributed by atoms with E-state index >= 15 is 0 Å². The summed E-state index contributed by atoms with van der Waals surface area (Å²) in [6.07, 6.45) is 1.07. The molecule has 0 fully saturated rings. The van der Waals surface area contributed by atoms with E-state index in [-0.39, 0.29) is 17.9 Å². The number of nitrogens with one attached hydrogen (secondary N) is 2. The van der Waals surface area contributed by atoms with E-state index in [1.165, 1.54) is 5.56 Å². The summed E-state index contributed by atoms with van der Waals surface area (Å²) in [4.78, 5) is 26.0. The maximum Gasteiger partial charge on any atom is 0.251 e. The van der Waals surface area contributed by atoms with Crippen molar-refractivity contribution in [2.45, 2.75) is 39.8 Å². The molecule has 0 unspecified atom stereocenters. The Balaban J connectivity index is 1.83. The van der Waals surface area contributed by atoms with Gasteiger partial charge in [0.2, 0.25) is 5.91 Å². The number of rotatable bonds is 9. The molecule has 0 radical (unpaired) electrons. The number of benzene rings is 2. The van der Waals surface area contributed by atoms with Crippen LogP contribution in [0.3, 0.4) is 0 Å². The second-order valence-corrected chi connectivity index (χ2v) is 8.08. The van der Waals surface area contributed by atoms with Gasteiger partial charge in [-0.25, -0.2) is 0 Å². The van der Waals surface area contributed by atoms with Crippen LogP contribution >= 0.6 is 0 Å². The molecule has 5 heteroatoms. The molecule has 0 aliphatic heterocycles. The molecule has 156 valence electrons. The number of hydrogen-bond acceptors (Lipinski definition) is 3. The van der Waals surface area contributed by atoms with Crippen molar-refractivity contribution in [3.8, 4) is 0 Å². The van der Waals surface area contributed by atoms with Crippen LogP contribution in [-0.2, 0) is 17.8 Å². The van der Waals surface area contributed by atoms with Crippen LogP contribution < -0.4 is 10.6 Å². The lowest BCUT2D eigenvalue weighted by Gasteiger charge is -2.20. The van der Waals surface area contributed by atoms with Gasteiger partial charge in [0.1, 0.15) is 0 Å².